The van der Waals surface area contributed by atoms with Crippen molar-refractivity contribution in [3.8, 4) is 0 Å². The minimum atomic E-state index is -4.31. The van der Waals surface area contributed by atoms with Crippen molar-refractivity contribution in [1.82, 2.24) is 19.7 Å². The lowest BCUT2D eigenvalue weighted by molar-refractivity contribution is -0.137. The van der Waals surface area contributed by atoms with E-state index in [1.807, 2.05) is 37.0 Å². The van der Waals surface area contributed by atoms with E-state index < -0.39 is 11.7 Å². The number of hydrogen-bond acceptors (Lipinski definition) is 3. The molecule has 0 N–H and O–H groups in total. The average molecular weight is 414 g/mol. The van der Waals surface area contributed by atoms with E-state index in [0.717, 1.165) is 60.6 Å². The van der Waals surface area contributed by atoms with Crippen LogP contribution < -0.4 is 0 Å². The topological polar surface area (TPSA) is 34.0 Å². The van der Waals surface area contributed by atoms with Gasteiger partial charge in [-0.1, -0.05) is 12.1 Å². The van der Waals surface area contributed by atoms with E-state index in [9.17, 15) is 13.2 Å². The predicted molar refractivity (Wildman–Crippen MR) is 109 cm³/mol. The molecule has 0 saturated carbocycles. The summed E-state index contributed by atoms with van der Waals surface area (Å²) in [5.74, 6) is 0. The Morgan fingerprint density at radius 3 is 2.50 bits per heavy atom. The third-order valence-corrected chi connectivity index (χ3v) is 5.72. The Morgan fingerprint density at radius 1 is 1.07 bits per heavy atom. The van der Waals surface area contributed by atoms with Gasteiger partial charge in [0.15, 0.2) is 0 Å². The molecule has 3 aromatic rings. The highest BCUT2D eigenvalue weighted by molar-refractivity contribution is 5.32. The molecule has 0 radical (unpaired) electrons. The zero-order chi connectivity index (χ0) is 21.3. The summed E-state index contributed by atoms with van der Waals surface area (Å²) in [5.41, 5.74) is 4.45. The van der Waals surface area contributed by atoms with Gasteiger partial charge in [-0.3, -0.25) is 14.6 Å². The van der Waals surface area contributed by atoms with E-state index in [0.29, 0.717) is 6.42 Å². The molecule has 30 heavy (non-hydrogen) atoms. The lowest BCUT2D eigenvalue weighted by Gasteiger charge is -2.24. The monoisotopic (exact) mass is 414 g/mol. The van der Waals surface area contributed by atoms with Crippen LogP contribution in [0.25, 0.3) is 0 Å². The van der Waals surface area contributed by atoms with Crippen molar-refractivity contribution in [2.75, 3.05) is 6.54 Å². The summed E-state index contributed by atoms with van der Waals surface area (Å²) in [6, 6.07) is 11.8. The van der Waals surface area contributed by atoms with Crippen LogP contribution in [0, 0.1) is 6.92 Å². The SMILES string of the molecule is Cc1cc(Cc2ccc(C(F)(F)F)cc2)cc([C@@H]2CCCN2Cc2ccnn2C)n1. The Bertz CT molecular complexity index is 1010. The van der Waals surface area contributed by atoms with Gasteiger partial charge in [-0.25, -0.2) is 0 Å². The number of nitrogens with zero attached hydrogens (tertiary/aromatic N) is 4. The summed E-state index contributed by atoms with van der Waals surface area (Å²) in [6.45, 7) is 3.81. The van der Waals surface area contributed by atoms with Gasteiger partial charge < -0.3 is 0 Å². The molecule has 1 saturated heterocycles. The highest BCUT2D eigenvalue weighted by Gasteiger charge is 2.30. The maximum Gasteiger partial charge on any atom is 0.416 e. The molecule has 3 heterocycles. The van der Waals surface area contributed by atoms with E-state index in [1.54, 1.807) is 12.1 Å². The maximum absolute atomic E-state index is 12.8. The largest absolute Gasteiger partial charge is 0.416 e. The molecular weight excluding hydrogens is 389 g/mol. The summed E-state index contributed by atoms with van der Waals surface area (Å²) >= 11 is 0. The number of alkyl halides is 3. The van der Waals surface area contributed by atoms with Crippen LogP contribution in [0.2, 0.25) is 0 Å². The Hall–Kier alpha value is -2.67. The van der Waals surface area contributed by atoms with E-state index >= 15 is 0 Å². The molecule has 0 bridgehead atoms. The Labute approximate surface area is 174 Å². The molecule has 1 aliphatic rings. The summed E-state index contributed by atoms with van der Waals surface area (Å²) in [7, 11) is 1.95. The van der Waals surface area contributed by atoms with Gasteiger partial charge in [0.05, 0.1) is 23.0 Å². The molecule has 1 fully saturated rings. The molecule has 0 aliphatic carbocycles. The number of rotatable bonds is 5. The van der Waals surface area contributed by atoms with Gasteiger partial charge in [0, 0.05) is 25.5 Å². The van der Waals surface area contributed by atoms with Crippen molar-refractivity contribution in [1.29, 1.82) is 0 Å². The molecule has 1 atom stereocenters. The third kappa shape index (κ3) is 4.56. The predicted octanol–water partition coefficient (Wildman–Crippen LogP) is 5.07. The molecule has 7 heteroatoms. The summed E-state index contributed by atoms with van der Waals surface area (Å²) in [5, 5.41) is 4.26. The molecule has 0 spiro atoms. The van der Waals surface area contributed by atoms with Crippen molar-refractivity contribution < 1.29 is 13.2 Å². The summed E-state index contributed by atoms with van der Waals surface area (Å²) < 4.78 is 40.3. The number of aryl methyl sites for hydroxylation is 2. The zero-order valence-corrected chi connectivity index (χ0v) is 17.2. The van der Waals surface area contributed by atoms with Crippen LogP contribution in [0.4, 0.5) is 13.2 Å². The fourth-order valence-corrected chi connectivity index (χ4v) is 4.20. The van der Waals surface area contributed by atoms with Gasteiger partial charge in [-0.05, 0) is 74.2 Å². The molecule has 1 aromatic carbocycles. The maximum atomic E-state index is 12.8. The third-order valence-electron chi connectivity index (χ3n) is 5.72. The van der Waals surface area contributed by atoms with Crippen molar-refractivity contribution in [2.24, 2.45) is 7.05 Å². The first-order chi connectivity index (χ1) is 14.3. The zero-order valence-electron chi connectivity index (χ0n) is 17.2. The first kappa shape index (κ1) is 20.6. The molecule has 4 rings (SSSR count). The van der Waals surface area contributed by atoms with Crippen molar-refractivity contribution in [2.45, 2.75) is 44.9 Å². The van der Waals surface area contributed by atoms with Gasteiger partial charge in [-0.15, -0.1) is 0 Å². The van der Waals surface area contributed by atoms with Crippen LogP contribution in [-0.4, -0.2) is 26.2 Å². The highest BCUT2D eigenvalue weighted by atomic mass is 19.4. The van der Waals surface area contributed by atoms with Crippen LogP contribution in [0.3, 0.4) is 0 Å². The van der Waals surface area contributed by atoms with Crippen molar-refractivity contribution in [3.63, 3.8) is 0 Å². The summed E-state index contributed by atoms with van der Waals surface area (Å²) in [4.78, 5) is 7.22. The second kappa shape index (κ2) is 8.22. The van der Waals surface area contributed by atoms with Gasteiger partial charge in [-0.2, -0.15) is 18.3 Å². The number of aromatic nitrogens is 3. The van der Waals surface area contributed by atoms with Crippen LogP contribution in [0.15, 0.2) is 48.7 Å². The van der Waals surface area contributed by atoms with E-state index in [-0.39, 0.29) is 6.04 Å². The first-order valence-electron chi connectivity index (χ1n) is 10.1. The van der Waals surface area contributed by atoms with Crippen LogP contribution in [0.1, 0.15) is 52.7 Å². The smallest absolute Gasteiger partial charge is 0.289 e. The normalized spacial score (nSPS) is 17.6. The standard InChI is InChI=1S/C23H25F3N4/c1-16-12-18(13-17-5-7-19(8-6-17)23(24,25)26)14-21(28-16)22-4-3-11-30(22)15-20-9-10-27-29(20)2/h5-10,12,14,22H,3-4,11,13,15H2,1-2H3/t22-/m0/s1. The van der Waals surface area contributed by atoms with Crippen LogP contribution >= 0.6 is 0 Å². The minimum absolute atomic E-state index is 0.242. The molecule has 2 aromatic heterocycles. The molecule has 158 valence electrons. The van der Waals surface area contributed by atoms with Crippen LogP contribution in [0.5, 0.6) is 0 Å². The number of halogens is 3. The number of benzene rings is 1. The number of hydrogen-bond donors (Lipinski definition) is 0. The lowest BCUT2D eigenvalue weighted by atomic mass is 10.0. The van der Waals surface area contributed by atoms with Gasteiger partial charge in [0.1, 0.15) is 0 Å². The van der Waals surface area contributed by atoms with Gasteiger partial charge in [0.2, 0.25) is 0 Å². The number of likely N-dealkylation sites (tertiary alicyclic amines) is 1. The quantitative estimate of drug-likeness (QED) is 0.585. The fourth-order valence-electron chi connectivity index (χ4n) is 4.20. The van der Waals surface area contributed by atoms with Crippen molar-refractivity contribution >= 4 is 0 Å². The second-order valence-electron chi connectivity index (χ2n) is 7.99. The molecule has 0 amide bonds. The Kier molecular flexibility index (Phi) is 5.64. The van der Waals surface area contributed by atoms with Crippen molar-refractivity contribution in [3.05, 3.63) is 82.4 Å². The minimum Gasteiger partial charge on any atom is -0.289 e. The van der Waals surface area contributed by atoms with Gasteiger partial charge in [0.25, 0.3) is 0 Å². The molecule has 0 unspecified atom stereocenters. The Morgan fingerprint density at radius 2 is 1.83 bits per heavy atom. The van der Waals surface area contributed by atoms with Crippen LogP contribution in [-0.2, 0) is 26.2 Å². The van der Waals surface area contributed by atoms with E-state index in [2.05, 4.69) is 16.1 Å². The molecule has 4 nitrogen and oxygen atoms in total. The Balaban J connectivity index is 1.53. The lowest BCUT2D eigenvalue weighted by Crippen LogP contribution is -2.25. The molecular formula is C23H25F3N4. The summed E-state index contributed by atoms with van der Waals surface area (Å²) in [6.07, 6.45) is 0.260. The van der Waals surface area contributed by atoms with Gasteiger partial charge >= 0.3 is 6.18 Å². The van der Waals surface area contributed by atoms with E-state index in [4.69, 9.17) is 4.98 Å². The first-order valence-corrected chi connectivity index (χ1v) is 10.1. The average Bonchev–Trinajstić information content (AvgIpc) is 3.31. The highest BCUT2D eigenvalue weighted by Crippen LogP contribution is 2.33. The molecule has 1 aliphatic heterocycles. The fraction of sp³-hybridized carbons (Fsp3) is 0.391. The van der Waals surface area contributed by atoms with E-state index in [1.165, 1.54) is 5.69 Å². The number of pyridine rings is 1. The second-order valence-corrected chi connectivity index (χ2v) is 7.99.